The van der Waals surface area contributed by atoms with Crippen molar-refractivity contribution < 1.29 is 0 Å². The molecule has 2 rings (SSSR count). The zero-order valence-electron chi connectivity index (χ0n) is 13.2. The van der Waals surface area contributed by atoms with Gasteiger partial charge in [0.15, 0.2) is 0 Å². The molecule has 3 nitrogen and oxygen atoms in total. The molecule has 0 aliphatic heterocycles. The maximum atomic E-state index is 4.47. The second-order valence-electron chi connectivity index (χ2n) is 6.25. The van der Waals surface area contributed by atoms with Crippen molar-refractivity contribution >= 4 is 11.3 Å². The van der Waals surface area contributed by atoms with Gasteiger partial charge in [0.05, 0.1) is 5.69 Å². The Kier molecular flexibility index (Phi) is 4.66. The summed E-state index contributed by atoms with van der Waals surface area (Å²) in [7, 11) is 1.98. The number of thiophene rings is 1. The van der Waals surface area contributed by atoms with Gasteiger partial charge in [-0.3, -0.25) is 4.68 Å². The molecule has 0 spiro atoms. The third-order valence-electron chi connectivity index (χ3n) is 3.34. The van der Waals surface area contributed by atoms with Crippen molar-refractivity contribution in [2.45, 2.75) is 52.6 Å². The van der Waals surface area contributed by atoms with Crippen molar-refractivity contribution in [3.8, 4) is 0 Å². The number of nitrogens with zero attached hydrogens (tertiary/aromatic N) is 2. The molecule has 0 bridgehead atoms. The minimum Gasteiger partial charge on any atom is -0.308 e. The van der Waals surface area contributed by atoms with E-state index >= 15 is 0 Å². The monoisotopic (exact) mass is 291 g/mol. The standard InChI is InChI=1S/C16H25N3S/c1-6-14-12(11-19(5)18-14)9-17-10-13-7-8-15(20-13)16(2,3)4/h7-8,11,17H,6,9-10H2,1-5H3. The number of aromatic nitrogens is 2. The van der Waals surface area contributed by atoms with E-state index in [0.29, 0.717) is 0 Å². The van der Waals surface area contributed by atoms with Crippen LogP contribution in [0, 0.1) is 0 Å². The number of rotatable bonds is 5. The fourth-order valence-electron chi connectivity index (χ4n) is 2.23. The highest BCUT2D eigenvalue weighted by atomic mass is 32.1. The van der Waals surface area contributed by atoms with Crippen molar-refractivity contribution in [1.29, 1.82) is 0 Å². The molecule has 2 aromatic heterocycles. The minimum absolute atomic E-state index is 0.252. The van der Waals surface area contributed by atoms with Gasteiger partial charge >= 0.3 is 0 Å². The predicted molar refractivity (Wildman–Crippen MR) is 86.1 cm³/mol. The molecule has 4 heteroatoms. The minimum atomic E-state index is 0.252. The summed E-state index contributed by atoms with van der Waals surface area (Å²) < 4.78 is 1.90. The van der Waals surface area contributed by atoms with E-state index in [2.05, 4.69) is 56.4 Å². The van der Waals surface area contributed by atoms with E-state index in [-0.39, 0.29) is 5.41 Å². The highest BCUT2D eigenvalue weighted by Crippen LogP contribution is 2.29. The van der Waals surface area contributed by atoms with Crippen LogP contribution in [0.15, 0.2) is 18.3 Å². The van der Waals surface area contributed by atoms with E-state index in [4.69, 9.17) is 0 Å². The molecule has 0 saturated heterocycles. The van der Waals surface area contributed by atoms with Crippen molar-refractivity contribution in [2.75, 3.05) is 0 Å². The van der Waals surface area contributed by atoms with Crippen LogP contribution < -0.4 is 5.32 Å². The van der Waals surface area contributed by atoms with Crippen LogP contribution in [0.1, 0.15) is 48.7 Å². The molecule has 2 aromatic rings. The van der Waals surface area contributed by atoms with Crippen molar-refractivity contribution in [3.63, 3.8) is 0 Å². The van der Waals surface area contributed by atoms with Crippen LogP contribution >= 0.6 is 11.3 Å². The predicted octanol–water partition coefficient (Wildman–Crippen LogP) is 3.63. The zero-order chi connectivity index (χ0) is 14.8. The first-order valence-electron chi connectivity index (χ1n) is 7.21. The van der Waals surface area contributed by atoms with Crippen LogP contribution in [0.4, 0.5) is 0 Å². The van der Waals surface area contributed by atoms with Gasteiger partial charge in [-0.15, -0.1) is 11.3 Å². The van der Waals surface area contributed by atoms with Gasteiger partial charge in [0.2, 0.25) is 0 Å². The lowest BCUT2D eigenvalue weighted by atomic mass is 9.95. The Morgan fingerprint density at radius 1 is 1.25 bits per heavy atom. The number of aryl methyl sites for hydroxylation is 2. The summed E-state index contributed by atoms with van der Waals surface area (Å²) in [6, 6.07) is 4.49. The molecule has 0 saturated carbocycles. The molecule has 1 N–H and O–H groups in total. The van der Waals surface area contributed by atoms with Crippen LogP contribution in [0.5, 0.6) is 0 Å². The second kappa shape index (κ2) is 6.10. The third-order valence-corrected chi connectivity index (χ3v) is 4.85. The Labute approximate surface area is 126 Å². The van der Waals surface area contributed by atoms with Crippen LogP contribution in [0.3, 0.4) is 0 Å². The van der Waals surface area contributed by atoms with Gasteiger partial charge in [0, 0.05) is 41.7 Å². The zero-order valence-corrected chi connectivity index (χ0v) is 14.0. The van der Waals surface area contributed by atoms with E-state index in [9.17, 15) is 0 Å². The summed E-state index contributed by atoms with van der Waals surface area (Å²) in [5, 5.41) is 8.00. The van der Waals surface area contributed by atoms with Crippen LogP contribution in [-0.2, 0) is 32.0 Å². The first-order chi connectivity index (χ1) is 9.40. The van der Waals surface area contributed by atoms with Gasteiger partial charge in [0.25, 0.3) is 0 Å². The Bertz CT molecular complexity index is 561. The number of nitrogens with one attached hydrogen (secondary N) is 1. The summed E-state index contributed by atoms with van der Waals surface area (Å²) in [5.74, 6) is 0. The maximum Gasteiger partial charge on any atom is 0.0666 e. The lowest BCUT2D eigenvalue weighted by Gasteiger charge is -2.15. The maximum absolute atomic E-state index is 4.47. The number of hydrogen-bond acceptors (Lipinski definition) is 3. The molecule has 110 valence electrons. The van der Waals surface area contributed by atoms with Crippen LogP contribution in [0.25, 0.3) is 0 Å². The lowest BCUT2D eigenvalue weighted by Crippen LogP contribution is -2.12. The van der Waals surface area contributed by atoms with E-state index < -0.39 is 0 Å². The van der Waals surface area contributed by atoms with E-state index in [0.717, 1.165) is 19.5 Å². The average molecular weight is 291 g/mol. The fraction of sp³-hybridized carbons (Fsp3) is 0.562. The highest BCUT2D eigenvalue weighted by Gasteiger charge is 2.15. The van der Waals surface area contributed by atoms with Crippen molar-refractivity contribution in [2.24, 2.45) is 7.05 Å². The second-order valence-corrected chi connectivity index (χ2v) is 7.42. The molecule has 0 aliphatic rings. The quantitative estimate of drug-likeness (QED) is 0.911. The SMILES string of the molecule is CCc1nn(C)cc1CNCc1ccc(C(C)(C)C)s1. The molecular weight excluding hydrogens is 266 g/mol. The summed E-state index contributed by atoms with van der Waals surface area (Å²) >= 11 is 1.91. The van der Waals surface area contributed by atoms with E-state index in [1.807, 2.05) is 23.1 Å². The number of hydrogen-bond donors (Lipinski definition) is 1. The molecule has 0 atom stereocenters. The molecule has 0 aromatic carbocycles. The molecule has 0 amide bonds. The Hall–Kier alpha value is -1.13. The first kappa shape index (κ1) is 15.3. The molecular formula is C16H25N3S. The first-order valence-corrected chi connectivity index (χ1v) is 8.03. The molecule has 0 unspecified atom stereocenters. The molecule has 20 heavy (non-hydrogen) atoms. The summed E-state index contributed by atoms with van der Waals surface area (Å²) in [5.41, 5.74) is 2.76. The average Bonchev–Trinajstić information content (AvgIpc) is 2.95. The van der Waals surface area contributed by atoms with Gasteiger partial charge in [-0.1, -0.05) is 27.7 Å². The van der Waals surface area contributed by atoms with Crippen molar-refractivity contribution in [3.05, 3.63) is 39.3 Å². The van der Waals surface area contributed by atoms with E-state index in [1.54, 1.807) is 0 Å². The van der Waals surface area contributed by atoms with Crippen LogP contribution in [-0.4, -0.2) is 9.78 Å². The molecule has 0 aliphatic carbocycles. The van der Waals surface area contributed by atoms with Gasteiger partial charge in [-0.25, -0.2) is 0 Å². The molecule has 0 fully saturated rings. The summed E-state index contributed by atoms with van der Waals surface area (Å²) in [4.78, 5) is 2.85. The summed E-state index contributed by atoms with van der Waals surface area (Å²) in [6.07, 6.45) is 3.10. The Morgan fingerprint density at radius 2 is 2.00 bits per heavy atom. The van der Waals surface area contributed by atoms with E-state index in [1.165, 1.54) is 21.0 Å². The van der Waals surface area contributed by atoms with Gasteiger partial charge in [0.1, 0.15) is 0 Å². The largest absolute Gasteiger partial charge is 0.308 e. The normalized spacial score (nSPS) is 12.1. The Balaban J connectivity index is 1.91. The lowest BCUT2D eigenvalue weighted by molar-refractivity contribution is 0.604. The van der Waals surface area contributed by atoms with Crippen molar-refractivity contribution in [1.82, 2.24) is 15.1 Å². The molecule has 2 heterocycles. The topological polar surface area (TPSA) is 29.9 Å². The van der Waals surface area contributed by atoms with Gasteiger partial charge < -0.3 is 5.32 Å². The van der Waals surface area contributed by atoms with Gasteiger partial charge in [-0.05, 0) is 24.0 Å². The smallest absolute Gasteiger partial charge is 0.0666 e. The van der Waals surface area contributed by atoms with Gasteiger partial charge in [-0.2, -0.15) is 5.10 Å². The Morgan fingerprint density at radius 3 is 2.60 bits per heavy atom. The van der Waals surface area contributed by atoms with Crippen LogP contribution in [0.2, 0.25) is 0 Å². The summed E-state index contributed by atoms with van der Waals surface area (Å²) in [6.45, 7) is 10.8. The third kappa shape index (κ3) is 3.70. The molecule has 0 radical (unpaired) electrons. The highest BCUT2D eigenvalue weighted by molar-refractivity contribution is 7.12. The fourth-order valence-corrected chi connectivity index (χ4v) is 3.26.